The normalized spacial score (nSPS) is 14.7. The van der Waals surface area contributed by atoms with Gasteiger partial charge in [0.2, 0.25) is 5.91 Å². The molecular weight excluding hydrogens is 240 g/mol. The van der Waals surface area contributed by atoms with E-state index in [9.17, 15) is 9.59 Å². The highest BCUT2D eigenvalue weighted by atomic mass is 32.1. The Morgan fingerprint density at radius 2 is 2.18 bits per heavy atom. The van der Waals surface area contributed by atoms with E-state index in [0.29, 0.717) is 23.0 Å². The summed E-state index contributed by atoms with van der Waals surface area (Å²) in [6, 6.07) is 0. The third-order valence-corrected chi connectivity index (χ3v) is 3.91. The van der Waals surface area contributed by atoms with Crippen LogP contribution in [-0.2, 0) is 4.79 Å². The lowest BCUT2D eigenvalue weighted by Crippen LogP contribution is -2.27. The predicted octanol–water partition coefficient (Wildman–Crippen LogP) is 1.91. The molecule has 1 aromatic rings. The minimum Gasteiger partial charge on any atom is -0.478 e. The third-order valence-electron chi connectivity index (χ3n) is 2.90. The smallest absolute Gasteiger partial charge is 0.340 e. The number of aromatic nitrogens is 1. The Hall–Kier alpha value is -1.43. The Morgan fingerprint density at radius 1 is 1.53 bits per heavy atom. The van der Waals surface area contributed by atoms with E-state index in [1.54, 1.807) is 14.0 Å². The van der Waals surface area contributed by atoms with Gasteiger partial charge in [-0.25, -0.2) is 4.79 Å². The van der Waals surface area contributed by atoms with Crippen LogP contribution >= 0.6 is 11.5 Å². The van der Waals surface area contributed by atoms with Crippen molar-refractivity contribution in [2.24, 2.45) is 5.92 Å². The molecule has 6 heteroatoms. The molecule has 0 unspecified atom stereocenters. The van der Waals surface area contributed by atoms with Gasteiger partial charge in [0.15, 0.2) is 0 Å². The number of aromatic carboxylic acids is 1. The number of amides is 1. The van der Waals surface area contributed by atoms with E-state index in [1.165, 1.54) is 4.90 Å². The van der Waals surface area contributed by atoms with Crippen LogP contribution in [0.1, 0.15) is 35.3 Å². The summed E-state index contributed by atoms with van der Waals surface area (Å²) in [5.74, 6) is -0.566. The van der Waals surface area contributed by atoms with Crippen molar-refractivity contribution >= 4 is 28.4 Å². The summed E-state index contributed by atoms with van der Waals surface area (Å²) in [6.45, 7) is 1.64. The summed E-state index contributed by atoms with van der Waals surface area (Å²) in [7, 11) is 1.62. The van der Waals surface area contributed by atoms with Crippen molar-refractivity contribution in [3.05, 3.63) is 11.3 Å². The lowest BCUT2D eigenvalue weighted by molar-refractivity contribution is -0.118. The summed E-state index contributed by atoms with van der Waals surface area (Å²) in [5.41, 5.74) is 0.602. The van der Waals surface area contributed by atoms with Crippen LogP contribution in [0.15, 0.2) is 0 Å². The Morgan fingerprint density at radius 3 is 2.71 bits per heavy atom. The first-order valence-corrected chi connectivity index (χ1v) is 6.24. The molecule has 0 aromatic carbocycles. The van der Waals surface area contributed by atoms with E-state index >= 15 is 0 Å². The van der Waals surface area contributed by atoms with Gasteiger partial charge in [0.1, 0.15) is 10.6 Å². The van der Waals surface area contributed by atoms with E-state index in [0.717, 1.165) is 24.4 Å². The highest BCUT2D eigenvalue weighted by molar-refractivity contribution is 7.11. The van der Waals surface area contributed by atoms with E-state index < -0.39 is 5.97 Å². The van der Waals surface area contributed by atoms with Gasteiger partial charge in [-0.2, -0.15) is 4.37 Å². The zero-order valence-corrected chi connectivity index (χ0v) is 10.6. The molecule has 5 nitrogen and oxygen atoms in total. The first-order valence-electron chi connectivity index (χ1n) is 5.46. The van der Waals surface area contributed by atoms with Gasteiger partial charge < -0.3 is 10.0 Å². The molecule has 0 radical (unpaired) electrons. The lowest BCUT2D eigenvalue weighted by Gasteiger charge is -2.15. The van der Waals surface area contributed by atoms with Crippen LogP contribution in [-0.4, -0.2) is 28.4 Å². The SMILES string of the molecule is Cc1nsc(N(C)C(=O)CC2CC2)c1C(=O)O. The number of carboxylic acids is 1. The number of aryl methyl sites for hydroxylation is 1. The largest absolute Gasteiger partial charge is 0.478 e. The highest BCUT2D eigenvalue weighted by Crippen LogP contribution is 2.34. The number of hydrogen-bond donors (Lipinski definition) is 1. The van der Waals surface area contributed by atoms with Crippen LogP contribution in [0.5, 0.6) is 0 Å². The molecule has 0 spiro atoms. The minimum absolute atomic E-state index is 0.0290. The molecule has 0 atom stereocenters. The molecule has 0 saturated heterocycles. The summed E-state index contributed by atoms with van der Waals surface area (Å²) in [6.07, 6.45) is 2.71. The maximum atomic E-state index is 11.9. The summed E-state index contributed by atoms with van der Waals surface area (Å²) in [4.78, 5) is 24.4. The highest BCUT2D eigenvalue weighted by Gasteiger charge is 2.29. The summed E-state index contributed by atoms with van der Waals surface area (Å²) >= 11 is 1.06. The average Bonchev–Trinajstić information content (AvgIpc) is 2.97. The van der Waals surface area contributed by atoms with Crippen molar-refractivity contribution in [2.45, 2.75) is 26.2 Å². The molecular formula is C11H14N2O3S. The standard InChI is InChI=1S/C11H14N2O3S/c1-6-9(11(15)16)10(17-12-6)13(2)8(14)5-7-3-4-7/h7H,3-5H2,1-2H3,(H,15,16). The molecule has 1 heterocycles. The van der Waals surface area contributed by atoms with Gasteiger partial charge in [0, 0.05) is 13.5 Å². The van der Waals surface area contributed by atoms with Gasteiger partial charge >= 0.3 is 5.97 Å². The number of carbonyl (C=O) groups is 2. The molecule has 1 saturated carbocycles. The first-order chi connectivity index (χ1) is 8.00. The number of carboxylic acid groups (broad SMARTS) is 1. The molecule has 1 aliphatic carbocycles. The number of rotatable bonds is 4. The Balaban J connectivity index is 2.20. The second-order valence-electron chi connectivity index (χ2n) is 4.35. The van der Waals surface area contributed by atoms with E-state index in [2.05, 4.69) is 4.37 Å². The van der Waals surface area contributed by atoms with Crippen LogP contribution < -0.4 is 4.90 Å². The molecule has 1 aliphatic rings. The molecule has 17 heavy (non-hydrogen) atoms. The molecule has 0 aliphatic heterocycles. The molecule has 2 rings (SSSR count). The zero-order chi connectivity index (χ0) is 12.6. The average molecular weight is 254 g/mol. The molecule has 1 amide bonds. The van der Waals surface area contributed by atoms with Crippen molar-refractivity contribution in [2.75, 3.05) is 11.9 Å². The molecule has 0 bridgehead atoms. The topological polar surface area (TPSA) is 70.5 Å². The Kier molecular flexibility index (Phi) is 3.15. The maximum absolute atomic E-state index is 11.9. The van der Waals surface area contributed by atoms with Crippen LogP contribution in [0.3, 0.4) is 0 Å². The zero-order valence-electron chi connectivity index (χ0n) is 9.77. The lowest BCUT2D eigenvalue weighted by atomic mass is 10.2. The van der Waals surface area contributed by atoms with Crippen LogP contribution in [0.2, 0.25) is 0 Å². The van der Waals surface area contributed by atoms with Gasteiger partial charge in [-0.3, -0.25) is 4.79 Å². The fourth-order valence-electron chi connectivity index (χ4n) is 1.65. The van der Waals surface area contributed by atoms with Gasteiger partial charge in [0.25, 0.3) is 0 Å². The van der Waals surface area contributed by atoms with Crippen molar-refractivity contribution in [1.29, 1.82) is 0 Å². The fraction of sp³-hybridized carbons (Fsp3) is 0.545. The number of nitrogens with zero attached hydrogens (tertiary/aromatic N) is 2. The van der Waals surface area contributed by atoms with E-state index in [-0.39, 0.29) is 11.5 Å². The monoisotopic (exact) mass is 254 g/mol. The van der Waals surface area contributed by atoms with Gasteiger partial charge in [-0.1, -0.05) is 0 Å². The summed E-state index contributed by atoms with van der Waals surface area (Å²) in [5, 5.41) is 9.52. The third kappa shape index (κ3) is 2.46. The number of hydrogen-bond acceptors (Lipinski definition) is 4. The molecule has 92 valence electrons. The van der Waals surface area contributed by atoms with Crippen molar-refractivity contribution in [1.82, 2.24) is 4.37 Å². The summed E-state index contributed by atoms with van der Waals surface area (Å²) < 4.78 is 4.00. The quantitative estimate of drug-likeness (QED) is 0.891. The fourth-order valence-corrected chi connectivity index (χ4v) is 2.52. The number of anilines is 1. The van der Waals surface area contributed by atoms with E-state index in [4.69, 9.17) is 5.11 Å². The second-order valence-corrected chi connectivity index (χ2v) is 5.11. The van der Waals surface area contributed by atoms with Crippen molar-refractivity contribution in [3.63, 3.8) is 0 Å². The molecule has 1 aromatic heterocycles. The van der Waals surface area contributed by atoms with Crippen molar-refractivity contribution < 1.29 is 14.7 Å². The predicted molar refractivity (Wildman–Crippen MR) is 64.6 cm³/mol. The van der Waals surface area contributed by atoms with Gasteiger partial charge in [-0.15, -0.1) is 0 Å². The van der Waals surface area contributed by atoms with E-state index in [1.807, 2.05) is 0 Å². The second kappa shape index (κ2) is 4.44. The minimum atomic E-state index is -1.03. The van der Waals surface area contributed by atoms with Crippen LogP contribution in [0.25, 0.3) is 0 Å². The van der Waals surface area contributed by atoms with Gasteiger partial charge in [-0.05, 0) is 37.2 Å². The molecule has 1 fully saturated rings. The first kappa shape index (κ1) is 12.0. The van der Waals surface area contributed by atoms with Crippen LogP contribution in [0, 0.1) is 12.8 Å². The maximum Gasteiger partial charge on any atom is 0.340 e. The number of carbonyl (C=O) groups excluding carboxylic acids is 1. The Bertz CT molecular complexity index is 465. The Labute approximate surface area is 103 Å². The van der Waals surface area contributed by atoms with Crippen LogP contribution in [0.4, 0.5) is 5.00 Å². The van der Waals surface area contributed by atoms with Gasteiger partial charge in [0.05, 0.1) is 5.69 Å². The van der Waals surface area contributed by atoms with Crippen molar-refractivity contribution in [3.8, 4) is 0 Å². The molecule has 1 N–H and O–H groups in total.